The van der Waals surface area contributed by atoms with Crippen LogP contribution in [0.25, 0.3) is 11.3 Å². The molecule has 1 aliphatic carbocycles. The van der Waals surface area contributed by atoms with Crippen LogP contribution in [0.2, 0.25) is 0 Å². The predicted octanol–water partition coefficient (Wildman–Crippen LogP) is 6.55. The highest BCUT2D eigenvalue weighted by molar-refractivity contribution is 5.94. The van der Waals surface area contributed by atoms with E-state index in [1.807, 2.05) is 0 Å². The number of nitrogens with one attached hydrogen (secondary N) is 1. The lowest BCUT2D eigenvalue weighted by Gasteiger charge is -2.37. The third kappa shape index (κ3) is 6.12. The maximum Gasteiger partial charge on any atom is 0.269 e. The number of Topliss-reactive ketones (excluding diaryl/α,β-unsaturated/α-hetero) is 1. The predicted molar refractivity (Wildman–Crippen MR) is 136 cm³/mol. The fourth-order valence-electron chi connectivity index (χ4n) is 4.95. The summed E-state index contributed by atoms with van der Waals surface area (Å²) >= 11 is 0. The lowest BCUT2D eigenvalue weighted by Crippen LogP contribution is -2.40. The van der Waals surface area contributed by atoms with Gasteiger partial charge in [-0.2, -0.15) is 5.10 Å². The van der Waals surface area contributed by atoms with E-state index in [0.29, 0.717) is 11.5 Å². The molecule has 2 aromatic carbocycles. The van der Waals surface area contributed by atoms with E-state index in [0.717, 1.165) is 43.4 Å². The van der Waals surface area contributed by atoms with Crippen LogP contribution >= 0.6 is 0 Å². The maximum absolute atomic E-state index is 13.9. The number of aromatic nitrogens is 2. The standard InChI is InChI=1S/C29H32F3N3O2/c1-17(36)19-7-5-18(6-8-19)16-35-26(15-25(34-35)20-13-23(30)27(32)24(31)14-20)28(37)33-22-11-9-21(10-12-22)29(2,3)4/h5-8,13-15,21-22H,9-12,16H2,1-4H3,(H,33,37). The molecule has 3 aromatic rings. The molecule has 0 aliphatic heterocycles. The van der Waals surface area contributed by atoms with Gasteiger partial charge in [-0.1, -0.05) is 45.0 Å². The summed E-state index contributed by atoms with van der Waals surface area (Å²) < 4.78 is 42.8. The number of halogens is 3. The van der Waals surface area contributed by atoms with Gasteiger partial charge in [-0.15, -0.1) is 0 Å². The van der Waals surface area contributed by atoms with Crippen molar-refractivity contribution in [3.05, 3.63) is 76.7 Å². The first kappa shape index (κ1) is 26.6. The molecule has 0 radical (unpaired) electrons. The highest BCUT2D eigenvalue weighted by atomic mass is 19.2. The molecule has 1 amide bonds. The van der Waals surface area contributed by atoms with Crippen molar-refractivity contribution in [1.82, 2.24) is 15.1 Å². The Balaban J connectivity index is 1.61. The molecule has 5 nitrogen and oxygen atoms in total. The Morgan fingerprint density at radius 1 is 0.973 bits per heavy atom. The quantitative estimate of drug-likeness (QED) is 0.301. The number of hydrogen-bond donors (Lipinski definition) is 1. The molecule has 1 aliphatic rings. The molecule has 0 bridgehead atoms. The van der Waals surface area contributed by atoms with Gasteiger partial charge in [-0.3, -0.25) is 14.3 Å². The van der Waals surface area contributed by atoms with Crippen LogP contribution in [0.3, 0.4) is 0 Å². The van der Waals surface area contributed by atoms with E-state index in [1.165, 1.54) is 17.7 Å². The van der Waals surface area contributed by atoms with Crippen molar-refractivity contribution in [2.24, 2.45) is 11.3 Å². The second kappa shape index (κ2) is 10.5. The molecule has 0 saturated heterocycles. The van der Waals surface area contributed by atoms with Gasteiger partial charge < -0.3 is 5.32 Å². The van der Waals surface area contributed by atoms with Crippen molar-refractivity contribution in [3.8, 4) is 11.3 Å². The van der Waals surface area contributed by atoms with Gasteiger partial charge in [0.25, 0.3) is 5.91 Å². The fraction of sp³-hybridized carbons (Fsp3) is 0.414. The van der Waals surface area contributed by atoms with E-state index in [9.17, 15) is 22.8 Å². The van der Waals surface area contributed by atoms with Crippen LogP contribution < -0.4 is 5.32 Å². The van der Waals surface area contributed by atoms with Crippen molar-refractivity contribution in [2.45, 2.75) is 66.0 Å². The molecule has 0 atom stereocenters. The molecule has 1 saturated carbocycles. The zero-order chi connectivity index (χ0) is 26.9. The van der Waals surface area contributed by atoms with Gasteiger partial charge in [-0.05, 0) is 67.7 Å². The van der Waals surface area contributed by atoms with Crippen LogP contribution in [0.15, 0.2) is 42.5 Å². The Morgan fingerprint density at radius 3 is 2.11 bits per heavy atom. The summed E-state index contributed by atoms with van der Waals surface area (Å²) in [6.07, 6.45) is 3.79. The van der Waals surface area contributed by atoms with Crippen molar-refractivity contribution in [1.29, 1.82) is 0 Å². The third-order valence-corrected chi connectivity index (χ3v) is 7.27. The molecule has 1 fully saturated rings. The zero-order valence-electron chi connectivity index (χ0n) is 21.6. The fourth-order valence-corrected chi connectivity index (χ4v) is 4.95. The van der Waals surface area contributed by atoms with Gasteiger partial charge in [0.1, 0.15) is 5.69 Å². The minimum absolute atomic E-state index is 0.0217. The second-order valence-corrected chi connectivity index (χ2v) is 11.0. The van der Waals surface area contributed by atoms with Gasteiger partial charge in [-0.25, -0.2) is 13.2 Å². The molecule has 4 rings (SSSR count). The number of nitrogens with zero attached hydrogens (tertiary/aromatic N) is 2. The Bertz CT molecular complexity index is 1280. The molecule has 196 valence electrons. The molecular weight excluding hydrogens is 479 g/mol. The Labute approximate surface area is 215 Å². The molecule has 8 heteroatoms. The van der Waals surface area contributed by atoms with Crippen molar-refractivity contribution in [2.75, 3.05) is 0 Å². The van der Waals surface area contributed by atoms with Crippen LogP contribution in [-0.2, 0) is 6.54 Å². The van der Waals surface area contributed by atoms with Crippen molar-refractivity contribution in [3.63, 3.8) is 0 Å². The van der Waals surface area contributed by atoms with Crippen LogP contribution in [0, 0.1) is 28.8 Å². The van der Waals surface area contributed by atoms with Gasteiger partial charge >= 0.3 is 0 Å². The molecule has 1 N–H and O–H groups in total. The average molecular weight is 512 g/mol. The summed E-state index contributed by atoms with van der Waals surface area (Å²) in [7, 11) is 0. The number of amides is 1. The largest absolute Gasteiger partial charge is 0.348 e. The lowest BCUT2D eigenvalue weighted by atomic mass is 9.71. The van der Waals surface area contributed by atoms with Crippen LogP contribution in [-0.4, -0.2) is 27.5 Å². The number of rotatable bonds is 6. The van der Waals surface area contributed by atoms with E-state index < -0.39 is 17.5 Å². The number of benzene rings is 2. The Morgan fingerprint density at radius 2 is 1.57 bits per heavy atom. The topological polar surface area (TPSA) is 64.0 Å². The maximum atomic E-state index is 13.9. The van der Waals surface area contributed by atoms with Gasteiger partial charge in [0.15, 0.2) is 23.2 Å². The minimum atomic E-state index is -1.56. The summed E-state index contributed by atoms with van der Waals surface area (Å²) in [5.74, 6) is -4.01. The van der Waals surface area contributed by atoms with Crippen LogP contribution in [0.1, 0.15) is 79.8 Å². The molecule has 37 heavy (non-hydrogen) atoms. The van der Waals surface area contributed by atoms with Crippen LogP contribution in [0.4, 0.5) is 13.2 Å². The molecule has 1 heterocycles. The molecule has 0 unspecified atom stereocenters. The number of carbonyl (C=O) groups excluding carboxylic acids is 2. The van der Waals surface area contributed by atoms with E-state index in [2.05, 4.69) is 31.2 Å². The van der Waals surface area contributed by atoms with Crippen LogP contribution in [0.5, 0.6) is 0 Å². The first-order chi connectivity index (χ1) is 17.4. The molecular formula is C29H32F3N3O2. The third-order valence-electron chi connectivity index (χ3n) is 7.27. The molecule has 0 spiro atoms. The van der Waals surface area contributed by atoms with Crippen molar-refractivity contribution < 1.29 is 22.8 Å². The summed E-state index contributed by atoms with van der Waals surface area (Å²) in [6.45, 7) is 8.39. The lowest BCUT2D eigenvalue weighted by molar-refractivity contribution is 0.0893. The van der Waals surface area contributed by atoms with E-state index in [1.54, 1.807) is 24.3 Å². The number of carbonyl (C=O) groups is 2. The first-order valence-electron chi connectivity index (χ1n) is 12.6. The minimum Gasteiger partial charge on any atom is -0.348 e. The summed E-state index contributed by atoms with van der Waals surface area (Å²) in [6, 6.07) is 10.1. The number of hydrogen-bond acceptors (Lipinski definition) is 3. The van der Waals surface area contributed by atoms with E-state index >= 15 is 0 Å². The smallest absolute Gasteiger partial charge is 0.269 e. The summed E-state index contributed by atoms with van der Waals surface area (Å²) in [5, 5.41) is 7.54. The normalized spacial score (nSPS) is 18.0. The zero-order valence-corrected chi connectivity index (χ0v) is 21.6. The van der Waals surface area contributed by atoms with Gasteiger partial charge in [0, 0.05) is 17.2 Å². The summed E-state index contributed by atoms with van der Waals surface area (Å²) in [4.78, 5) is 25.0. The van der Waals surface area contributed by atoms with Gasteiger partial charge in [0.05, 0.1) is 12.2 Å². The van der Waals surface area contributed by atoms with E-state index in [-0.39, 0.29) is 46.6 Å². The highest BCUT2D eigenvalue weighted by Crippen LogP contribution is 2.37. The van der Waals surface area contributed by atoms with Crippen molar-refractivity contribution >= 4 is 11.7 Å². The number of ketones is 1. The monoisotopic (exact) mass is 511 g/mol. The molecule has 1 aromatic heterocycles. The van der Waals surface area contributed by atoms with E-state index in [4.69, 9.17) is 0 Å². The Kier molecular flexibility index (Phi) is 7.57. The SMILES string of the molecule is CC(=O)c1ccc(Cn2nc(-c3cc(F)c(F)c(F)c3)cc2C(=O)NC2CCC(C(C)(C)C)CC2)cc1. The first-order valence-corrected chi connectivity index (χ1v) is 12.6. The second-order valence-electron chi connectivity index (χ2n) is 11.0. The average Bonchev–Trinajstić information content (AvgIpc) is 3.26. The van der Waals surface area contributed by atoms with Gasteiger partial charge in [0.2, 0.25) is 0 Å². The highest BCUT2D eigenvalue weighted by Gasteiger charge is 2.31. The summed E-state index contributed by atoms with van der Waals surface area (Å²) in [5.41, 5.74) is 1.98. The Hall–Kier alpha value is -3.42.